The van der Waals surface area contributed by atoms with E-state index in [9.17, 15) is 0 Å². The van der Waals surface area contributed by atoms with Gasteiger partial charge in [-0.25, -0.2) is 0 Å². The van der Waals surface area contributed by atoms with Crippen LogP contribution in [0.25, 0.3) is 99.1 Å². The van der Waals surface area contributed by atoms with Crippen LogP contribution in [0, 0.1) is 0 Å². The second kappa shape index (κ2) is 12.3. The third-order valence-electron chi connectivity index (χ3n) is 16.3. The smallest absolute Gasteiger partial charge is 0.0619 e. The molecule has 0 bridgehead atoms. The molecule has 0 unspecified atom stereocenters. The Bertz CT molecular complexity index is 3730. The van der Waals surface area contributed by atoms with Gasteiger partial charge in [0, 0.05) is 0 Å². The first-order valence-electron chi connectivity index (χ1n) is 23.3. The summed E-state index contributed by atoms with van der Waals surface area (Å²) in [5.41, 5.74) is 25.9. The van der Waals surface area contributed by atoms with Crippen LogP contribution in [0.15, 0.2) is 231 Å². The number of rotatable bonds is 2. The minimum Gasteiger partial charge on any atom is -0.0619 e. The Hall–Kier alpha value is -8.32. The van der Waals surface area contributed by atoms with E-state index >= 15 is 0 Å². The molecule has 0 saturated carbocycles. The van der Waals surface area contributed by atoms with E-state index in [0.717, 1.165) is 0 Å². The molecule has 0 heteroatoms. The monoisotopic (exact) mass is 830 g/mol. The summed E-state index contributed by atoms with van der Waals surface area (Å²) in [6.07, 6.45) is 0. The van der Waals surface area contributed by atoms with Crippen molar-refractivity contribution in [3.8, 4) is 66.8 Å². The van der Waals surface area contributed by atoms with Crippen LogP contribution >= 0.6 is 0 Å². The summed E-state index contributed by atoms with van der Waals surface area (Å²) >= 11 is 0. The fourth-order valence-electron chi connectivity index (χ4n) is 13.8. The predicted molar refractivity (Wildman–Crippen MR) is 274 cm³/mol. The van der Waals surface area contributed by atoms with Gasteiger partial charge >= 0.3 is 0 Å². The van der Waals surface area contributed by atoms with E-state index in [0.29, 0.717) is 0 Å². The molecule has 302 valence electrons. The Kier molecular flexibility index (Phi) is 6.52. The zero-order chi connectivity index (χ0) is 42.9. The first-order valence-corrected chi connectivity index (χ1v) is 23.3. The van der Waals surface area contributed by atoms with E-state index in [1.165, 1.54) is 144 Å². The molecule has 0 N–H and O–H groups in total. The highest BCUT2D eigenvalue weighted by molar-refractivity contribution is 6.27. The summed E-state index contributed by atoms with van der Waals surface area (Å²) in [5, 5.41) is 7.81. The quantitative estimate of drug-likeness (QED) is 0.152. The number of hydrogen-bond donors (Lipinski definition) is 0. The Morgan fingerprint density at radius 2 is 0.455 bits per heavy atom. The maximum Gasteiger partial charge on any atom is 0.0725 e. The molecular formula is C66H38. The van der Waals surface area contributed by atoms with Gasteiger partial charge in [0.25, 0.3) is 0 Å². The third-order valence-corrected chi connectivity index (χ3v) is 16.3. The van der Waals surface area contributed by atoms with E-state index in [1.54, 1.807) is 0 Å². The van der Waals surface area contributed by atoms with Crippen LogP contribution in [-0.4, -0.2) is 0 Å². The van der Waals surface area contributed by atoms with E-state index in [-0.39, 0.29) is 10.8 Å². The number of fused-ring (bicyclic) bond motifs is 20. The van der Waals surface area contributed by atoms with Gasteiger partial charge in [-0.1, -0.05) is 218 Å². The average molecular weight is 831 g/mol. The minimum absolute atomic E-state index is 0.383. The van der Waals surface area contributed by atoms with Crippen LogP contribution in [0.2, 0.25) is 0 Å². The Morgan fingerprint density at radius 3 is 0.773 bits per heavy atom. The molecule has 0 heterocycles. The average Bonchev–Trinajstić information content (AvgIpc) is 4.06. The Labute approximate surface area is 383 Å². The largest absolute Gasteiger partial charge is 0.0725 e. The van der Waals surface area contributed by atoms with Gasteiger partial charge in [-0.2, -0.15) is 0 Å². The van der Waals surface area contributed by atoms with Crippen LogP contribution in [-0.2, 0) is 10.8 Å². The van der Waals surface area contributed by atoms with E-state index in [2.05, 4.69) is 231 Å². The van der Waals surface area contributed by atoms with E-state index in [1.807, 2.05) is 0 Å². The maximum absolute atomic E-state index is 2.53. The Morgan fingerprint density at radius 1 is 0.197 bits per heavy atom. The van der Waals surface area contributed by atoms with Crippen molar-refractivity contribution < 1.29 is 0 Å². The molecule has 12 aromatic carbocycles. The summed E-state index contributed by atoms with van der Waals surface area (Å²) in [4.78, 5) is 0. The normalized spacial score (nSPS) is 14.6. The van der Waals surface area contributed by atoms with Crippen molar-refractivity contribution >= 4 is 32.3 Å². The van der Waals surface area contributed by atoms with Crippen LogP contribution in [0.3, 0.4) is 0 Å². The molecule has 0 amide bonds. The van der Waals surface area contributed by atoms with Crippen molar-refractivity contribution in [3.05, 3.63) is 275 Å². The molecule has 0 radical (unpaired) electrons. The first-order chi connectivity index (χ1) is 32.7. The predicted octanol–water partition coefficient (Wildman–Crippen LogP) is 16.6. The summed E-state index contributed by atoms with van der Waals surface area (Å²) in [7, 11) is 0. The van der Waals surface area contributed by atoms with Gasteiger partial charge in [0.15, 0.2) is 0 Å². The zero-order valence-electron chi connectivity index (χ0n) is 35.9. The second-order valence-electron chi connectivity index (χ2n) is 18.9. The van der Waals surface area contributed by atoms with Crippen molar-refractivity contribution in [2.75, 3.05) is 0 Å². The summed E-state index contributed by atoms with van der Waals surface area (Å²) in [6.45, 7) is 0. The lowest BCUT2D eigenvalue weighted by atomic mass is 9.70. The fraction of sp³-hybridized carbons (Fsp3) is 0.0303. The molecule has 0 nitrogen and oxygen atoms in total. The molecule has 0 fully saturated rings. The fourth-order valence-corrected chi connectivity index (χ4v) is 13.8. The highest BCUT2D eigenvalue weighted by atomic mass is 14.5. The van der Waals surface area contributed by atoms with Gasteiger partial charge in [-0.05, 0) is 156 Å². The summed E-state index contributed by atoms with van der Waals surface area (Å²) in [5.74, 6) is 0. The molecule has 2 spiro atoms. The molecular weight excluding hydrogens is 793 g/mol. The molecule has 4 aliphatic rings. The van der Waals surface area contributed by atoms with Crippen LogP contribution in [0.5, 0.6) is 0 Å². The maximum atomic E-state index is 2.53. The molecule has 16 rings (SSSR count). The third kappa shape index (κ3) is 4.01. The molecule has 0 atom stereocenters. The Balaban J connectivity index is 0.908. The van der Waals surface area contributed by atoms with Gasteiger partial charge in [-0.3, -0.25) is 0 Å². The van der Waals surface area contributed by atoms with Gasteiger partial charge in [0.1, 0.15) is 0 Å². The van der Waals surface area contributed by atoms with E-state index < -0.39 is 0 Å². The molecule has 12 aromatic rings. The van der Waals surface area contributed by atoms with Gasteiger partial charge in [0.05, 0.1) is 10.8 Å². The molecule has 0 aliphatic heterocycles. The minimum atomic E-state index is -0.383. The van der Waals surface area contributed by atoms with Crippen molar-refractivity contribution in [3.63, 3.8) is 0 Å². The number of benzene rings is 12. The van der Waals surface area contributed by atoms with Crippen molar-refractivity contribution in [1.29, 1.82) is 0 Å². The van der Waals surface area contributed by atoms with Crippen LogP contribution in [0.1, 0.15) is 44.5 Å². The SMILES string of the molecule is c1ccc2c(c1)-c1ccccc1C21c2ccccc2-c2ccc(-c3ccc4ccc5c(-c6ccc7c(c6)C6(c8ccccc8-c8ccccc86)c6ccccc6-7)ccc6ccc3c4c65)cc21. The van der Waals surface area contributed by atoms with Crippen LogP contribution < -0.4 is 0 Å². The van der Waals surface area contributed by atoms with Crippen molar-refractivity contribution in [2.45, 2.75) is 10.8 Å². The molecule has 66 heavy (non-hydrogen) atoms. The second-order valence-corrected chi connectivity index (χ2v) is 18.9. The molecule has 0 aromatic heterocycles. The summed E-state index contributed by atoms with van der Waals surface area (Å²) < 4.78 is 0. The summed E-state index contributed by atoms with van der Waals surface area (Å²) in [6, 6.07) is 88.1. The highest BCUT2D eigenvalue weighted by Crippen LogP contribution is 2.65. The van der Waals surface area contributed by atoms with Crippen molar-refractivity contribution in [1.82, 2.24) is 0 Å². The lowest BCUT2D eigenvalue weighted by molar-refractivity contribution is 0.794. The molecule has 0 saturated heterocycles. The van der Waals surface area contributed by atoms with Crippen molar-refractivity contribution in [2.24, 2.45) is 0 Å². The molecule has 4 aliphatic carbocycles. The van der Waals surface area contributed by atoms with Gasteiger partial charge in [-0.15, -0.1) is 0 Å². The zero-order valence-corrected chi connectivity index (χ0v) is 35.9. The van der Waals surface area contributed by atoms with Gasteiger partial charge < -0.3 is 0 Å². The standard InChI is InChI=1S/C66H38/c1-7-19-55-45(13-1)46-14-2-8-20-56(46)65(55)59-23-11-5-17-49(59)51-33-29-41(37-61(51)65)43-31-25-39-28-36-54-44(32-26-40-27-35-53(43)63(39)64(40)54)42-30-34-52-50-18-6-12-24-60(50)66(62(52)38-42)57-21-9-3-15-47(57)48-16-4-10-22-58(48)66/h1-38H. The lowest BCUT2D eigenvalue weighted by Gasteiger charge is -2.30. The first kappa shape index (κ1) is 35.1. The topological polar surface area (TPSA) is 0 Å². The highest BCUT2D eigenvalue weighted by Gasteiger charge is 2.53. The lowest BCUT2D eigenvalue weighted by Crippen LogP contribution is -2.25. The number of hydrogen-bond acceptors (Lipinski definition) is 0. The van der Waals surface area contributed by atoms with Crippen LogP contribution in [0.4, 0.5) is 0 Å². The van der Waals surface area contributed by atoms with Gasteiger partial charge in [0.2, 0.25) is 0 Å². The van der Waals surface area contributed by atoms with E-state index in [4.69, 9.17) is 0 Å².